The van der Waals surface area contributed by atoms with Gasteiger partial charge in [-0.2, -0.15) is 18.3 Å². The van der Waals surface area contributed by atoms with Gasteiger partial charge in [0.15, 0.2) is 5.65 Å². The molecule has 2 N–H and O–H groups in total. The van der Waals surface area contributed by atoms with Gasteiger partial charge in [-0.25, -0.2) is 14.3 Å². The number of aromatic nitrogens is 4. The molecular formula is C18H17F3N6O2. The molecule has 3 aromatic heterocycles. The summed E-state index contributed by atoms with van der Waals surface area (Å²) in [4.78, 5) is 20.0. The molecule has 0 spiro atoms. The van der Waals surface area contributed by atoms with Gasteiger partial charge in [0.2, 0.25) is 0 Å². The number of hydrogen-bond donors (Lipinski definition) is 2. The molecule has 1 fully saturated rings. The minimum atomic E-state index is -4.61. The van der Waals surface area contributed by atoms with Crippen molar-refractivity contribution in [1.29, 1.82) is 0 Å². The molecule has 4 rings (SSSR count). The lowest BCUT2D eigenvalue weighted by Crippen LogP contribution is -2.25. The van der Waals surface area contributed by atoms with E-state index < -0.39 is 23.5 Å². The molecule has 3 aromatic rings. The summed E-state index contributed by atoms with van der Waals surface area (Å²) in [5.41, 5.74) is 0.633. The van der Waals surface area contributed by atoms with E-state index in [2.05, 4.69) is 25.7 Å². The van der Waals surface area contributed by atoms with Crippen LogP contribution in [0, 0.1) is 6.92 Å². The van der Waals surface area contributed by atoms with Gasteiger partial charge >= 0.3 is 12.2 Å². The lowest BCUT2D eigenvalue weighted by atomic mass is 10.2. The fraction of sp³-hybridized carbons (Fsp3) is 0.333. The largest absolute Gasteiger partial charge is 0.433 e. The molecule has 1 aliphatic carbocycles. The number of halogens is 3. The second kappa shape index (κ2) is 6.69. The Morgan fingerprint density at radius 3 is 2.66 bits per heavy atom. The maximum absolute atomic E-state index is 12.8. The van der Waals surface area contributed by atoms with Crippen molar-refractivity contribution in [3.63, 3.8) is 0 Å². The first-order valence-corrected chi connectivity index (χ1v) is 8.74. The Morgan fingerprint density at radius 2 is 2.00 bits per heavy atom. The van der Waals surface area contributed by atoms with Crippen LogP contribution in [-0.4, -0.2) is 32.7 Å². The van der Waals surface area contributed by atoms with Crippen molar-refractivity contribution < 1.29 is 22.7 Å². The quantitative estimate of drug-likeness (QED) is 0.689. The monoisotopic (exact) mass is 406 g/mol. The summed E-state index contributed by atoms with van der Waals surface area (Å²) < 4.78 is 45.7. The number of carbonyl (C=O) groups is 1. The molecule has 0 bridgehead atoms. The predicted molar refractivity (Wildman–Crippen MR) is 97.5 cm³/mol. The fourth-order valence-electron chi connectivity index (χ4n) is 3.18. The molecule has 1 saturated carbocycles. The van der Waals surface area contributed by atoms with Crippen LogP contribution >= 0.6 is 0 Å². The normalized spacial score (nSPS) is 15.3. The SMILES string of the molecule is COC1(c2c(NC(=O)Nc3ccnc(C(F)(F)F)c3)cnc3cc(C)nn23)CC1. The second-order valence-electron chi connectivity index (χ2n) is 6.78. The maximum Gasteiger partial charge on any atom is 0.433 e. The molecular weight excluding hydrogens is 389 g/mol. The van der Waals surface area contributed by atoms with Gasteiger partial charge in [0.05, 0.1) is 17.6 Å². The number of hydrogen-bond acceptors (Lipinski definition) is 5. The summed E-state index contributed by atoms with van der Waals surface area (Å²) >= 11 is 0. The van der Waals surface area contributed by atoms with Gasteiger partial charge in [-0.3, -0.25) is 4.98 Å². The van der Waals surface area contributed by atoms with Crippen LogP contribution in [0.4, 0.5) is 29.3 Å². The molecule has 11 heteroatoms. The number of methoxy groups -OCH3 is 1. The predicted octanol–water partition coefficient (Wildman–Crippen LogP) is 3.73. The Kier molecular flexibility index (Phi) is 4.41. The third-order valence-electron chi connectivity index (χ3n) is 4.69. The Labute approximate surface area is 163 Å². The number of amides is 2. The van der Waals surface area contributed by atoms with E-state index >= 15 is 0 Å². The third kappa shape index (κ3) is 3.60. The smallest absolute Gasteiger partial charge is 0.372 e. The summed E-state index contributed by atoms with van der Waals surface area (Å²) in [6, 6.07) is 3.11. The van der Waals surface area contributed by atoms with Crippen LogP contribution in [0.2, 0.25) is 0 Å². The molecule has 0 unspecified atom stereocenters. The van der Waals surface area contributed by atoms with Crippen LogP contribution in [0.15, 0.2) is 30.6 Å². The van der Waals surface area contributed by atoms with Gasteiger partial charge in [0, 0.05) is 25.1 Å². The van der Waals surface area contributed by atoms with Gasteiger partial charge in [-0.1, -0.05) is 0 Å². The average Bonchev–Trinajstić information content (AvgIpc) is 3.35. The highest BCUT2D eigenvalue weighted by Crippen LogP contribution is 2.50. The van der Waals surface area contributed by atoms with E-state index in [1.807, 2.05) is 6.92 Å². The number of fused-ring (bicyclic) bond motifs is 1. The Morgan fingerprint density at radius 1 is 1.24 bits per heavy atom. The molecule has 8 nitrogen and oxygen atoms in total. The van der Waals surface area contributed by atoms with E-state index in [1.165, 1.54) is 12.3 Å². The average molecular weight is 406 g/mol. The topological polar surface area (TPSA) is 93.4 Å². The van der Waals surface area contributed by atoms with E-state index in [0.717, 1.165) is 30.8 Å². The van der Waals surface area contributed by atoms with E-state index in [4.69, 9.17) is 4.74 Å². The molecule has 29 heavy (non-hydrogen) atoms. The first kappa shape index (κ1) is 19.1. The number of anilines is 2. The zero-order chi connectivity index (χ0) is 20.8. The van der Waals surface area contributed by atoms with E-state index in [-0.39, 0.29) is 5.69 Å². The van der Waals surface area contributed by atoms with Crippen LogP contribution in [0.5, 0.6) is 0 Å². The lowest BCUT2D eigenvalue weighted by molar-refractivity contribution is -0.141. The number of pyridine rings is 1. The molecule has 3 heterocycles. The van der Waals surface area contributed by atoms with Gasteiger partial charge in [-0.15, -0.1) is 0 Å². The zero-order valence-corrected chi connectivity index (χ0v) is 15.5. The molecule has 0 atom stereocenters. The van der Waals surface area contributed by atoms with Gasteiger partial charge in [0.25, 0.3) is 0 Å². The van der Waals surface area contributed by atoms with Crippen LogP contribution < -0.4 is 10.6 Å². The Bertz CT molecular complexity index is 1090. The van der Waals surface area contributed by atoms with Crippen molar-refractivity contribution >= 4 is 23.1 Å². The van der Waals surface area contributed by atoms with E-state index in [1.54, 1.807) is 17.7 Å². The number of ether oxygens (including phenoxy) is 1. The first-order valence-electron chi connectivity index (χ1n) is 8.74. The minimum Gasteiger partial charge on any atom is -0.372 e. The number of carbonyl (C=O) groups excluding carboxylic acids is 1. The number of alkyl halides is 3. The summed E-state index contributed by atoms with van der Waals surface area (Å²) in [7, 11) is 1.58. The van der Waals surface area contributed by atoms with Crippen LogP contribution in [0.25, 0.3) is 5.65 Å². The molecule has 0 aromatic carbocycles. The van der Waals surface area contributed by atoms with Gasteiger partial charge in [0.1, 0.15) is 17.0 Å². The molecule has 0 radical (unpaired) electrons. The Hall–Kier alpha value is -3.21. The summed E-state index contributed by atoms with van der Waals surface area (Å²) in [5.74, 6) is 0. The first-order chi connectivity index (χ1) is 13.7. The highest BCUT2D eigenvalue weighted by atomic mass is 19.4. The number of nitrogens with zero attached hydrogens (tertiary/aromatic N) is 4. The van der Waals surface area contributed by atoms with E-state index in [9.17, 15) is 18.0 Å². The summed E-state index contributed by atoms with van der Waals surface area (Å²) in [6.07, 6.45) is -0.647. The second-order valence-corrected chi connectivity index (χ2v) is 6.78. The van der Waals surface area contributed by atoms with Crippen LogP contribution in [-0.2, 0) is 16.5 Å². The fourth-order valence-corrected chi connectivity index (χ4v) is 3.18. The van der Waals surface area contributed by atoms with Gasteiger partial charge < -0.3 is 15.4 Å². The minimum absolute atomic E-state index is 0.0387. The highest BCUT2D eigenvalue weighted by Gasteiger charge is 2.49. The zero-order valence-electron chi connectivity index (χ0n) is 15.5. The number of urea groups is 1. The molecule has 0 saturated heterocycles. The molecule has 2 amide bonds. The van der Waals surface area contributed by atoms with Crippen molar-refractivity contribution in [1.82, 2.24) is 19.6 Å². The number of nitrogens with one attached hydrogen (secondary N) is 2. The van der Waals surface area contributed by atoms with Crippen molar-refractivity contribution in [3.05, 3.63) is 47.7 Å². The van der Waals surface area contributed by atoms with Crippen molar-refractivity contribution in [2.45, 2.75) is 31.5 Å². The highest BCUT2D eigenvalue weighted by molar-refractivity contribution is 6.00. The van der Waals surface area contributed by atoms with E-state index in [0.29, 0.717) is 17.0 Å². The molecule has 1 aliphatic rings. The third-order valence-corrected chi connectivity index (χ3v) is 4.69. The molecule has 0 aliphatic heterocycles. The number of aryl methyl sites for hydroxylation is 1. The maximum atomic E-state index is 12.8. The molecule has 152 valence electrons. The van der Waals surface area contributed by atoms with Gasteiger partial charge in [-0.05, 0) is 31.9 Å². The van der Waals surface area contributed by atoms with Crippen LogP contribution in [0.3, 0.4) is 0 Å². The lowest BCUT2D eigenvalue weighted by Gasteiger charge is -2.19. The Balaban J connectivity index is 1.63. The van der Waals surface area contributed by atoms with Crippen molar-refractivity contribution in [2.75, 3.05) is 17.7 Å². The van der Waals surface area contributed by atoms with Crippen molar-refractivity contribution in [2.24, 2.45) is 0 Å². The number of rotatable bonds is 4. The van der Waals surface area contributed by atoms with Crippen LogP contribution in [0.1, 0.15) is 29.9 Å². The van der Waals surface area contributed by atoms with Crippen molar-refractivity contribution in [3.8, 4) is 0 Å². The summed E-state index contributed by atoms with van der Waals surface area (Å²) in [6.45, 7) is 1.83. The summed E-state index contributed by atoms with van der Waals surface area (Å²) in [5, 5.41) is 9.46. The standard InChI is InChI=1S/C18H17F3N6O2/c1-10-7-14-23-9-12(15(27(14)26-10)17(29-2)4-5-17)25-16(28)24-11-3-6-22-13(8-11)18(19,20)21/h3,6-9H,4-5H2,1-2H3,(H2,22,24,25,28).